The third kappa shape index (κ3) is 7.11. The maximum atomic E-state index is 12.1. The highest BCUT2D eigenvalue weighted by atomic mass is 16.6. The zero-order valence-electron chi connectivity index (χ0n) is 15.7. The molecule has 0 unspecified atom stereocenters. The fourth-order valence-electron chi connectivity index (χ4n) is 2.31. The van der Waals surface area contributed by atoms with Crippen LogP contribution in [0.15, 0.2) is 48.5 Å². The van der Waals surface area contributed by atoms with E-state index in [0.717, 1.165) is 6.42 Å². The fraction of sp³-hybridized carbons (Fsp3) is 0.333. The van der Waals surface area contributed by atoms with E-state index in [9.17, 15) is 9.59 Å². The number of benzene rings is 2. The molecule has 6 heteroatoms. The Balaban J connectivity index is 1.83. The molecule has 1 N–H and O–H groups in total. The summed E-state index contributed by atoms with van der Waals surface area (Å²) in [6, 6.07) is 14.2. The molecule has 0 aromatic heterocycles. The molecule has 0 saturated carbocycles. The predicted molar refractivity (Wildman–Crippen MR) is 103 cm³/mol. The van der Waals surface area contributed by atoms with Gasteiger partial charge in [-0.2, -0.15) is 0 Å². The molecule has 0 radical (unpaired) electrons. The van der Waals surface area contributed by atoms with E-state index in [1.165, 1.54) is 5.56 Å². The summed E-state index contributed by atoms with van der Waals surface area (Å²) in [5.74, 6) is -0.136. The van der Waals surface area contributed by atoms with Gasteiger partial charge in [-0.1, -0.05) is 25.1 Å². The van der Waals surface area contributed by atoms with Crippen molar-refractivity contribution in [2.75, 3.05) is 31.7 Å². The van der Waals surface area contributed by atoms with Crippen LogP contribution in [0.1, 0.15) is 29.8 Å². The second-order valence-electron chi connectivity index (χ2n) is 5.75. The van der Waals surface area contributed by atoms with Gasteiger partial charge in [0.05, 0.1) is 12.2 Å². The minimum absolute atomic E-state index is 0.117. The molecular formula is C21H25NO5. The second-order valence-corrected chi connectivity index (χ2v) is 5.75. The topological polar surface area (TPSA) is 73.9 Å². The Bertz CT molecular complexity index is 742. The molecule has 0 aliphatic carbocycles. The molecule has 6 nitrogen and oxygen atoms in total. The van der Waals surface area contributed by atoms with Crippen LogP contribution in [0.3, 0.4) is 0 Å². The molecule has 144 valence electrons. The van der Waals surface area contributed by atoms with Crippen molar-refractivity contribution >= 4 is 17.6 Å². The molecule has 0 heterocycles. The Kier molecular flexibility index (Phi) is 8.32. The van der Waals surface area contributed by atoms with Crippen molar-refractivity contribution in [1.82, 2.24) is 0 Å². The van der Waals surface area contributed by atoms with E-state index in [0.29, 0.717) is 30.2 Å². The van der Waals surface area contributed by atoms with Crippen LogP contribution in [0.2, 0.25) is 0 Å². The zero-order chi connectivity index (χ0) is 19.5. The summed E-state index contributed by atoms with van der Waals surface area (Å²) in [5, 5.41) is 2.71. The van der Waals surface area contributed by atoms with Gasteiger partial charge in [0.1, 0.15) is 12.4 Å². The SMILES string of the molecule is CCOCCOC(=O)c1cccc(NC(=O)COc2ccc(CC)cc2)c1. The molecule has 2 aromatic carbocycles. The van der Waals surface area contributed by atoms with Crippen LogP contribution in [0.5, 0.6) is 5.75 Å². The number of esters is 1. The highest BCUT2D eigenvalue weighted by Crippen LogP contribution is 2.14. The maximum absolute atomic E-state index is 12.1. The van der Waals surface area contributed by atoms with Crippen molar-refractivity contribution < 1.29 is 23.8 Å². The summed E-state index contributed by atoms with van der Waals surface area (Å²) in [7, 11) is 0. The highest BCUT2D eigenvalue weighted by molar-refractivity contribution is 5.95. The summed E-state index contributed by atoms with van der Waals surface area (Å²) in [5.41, 5.74) is 2.07. The minimum Gasteiger partial charge on any atom is -0.484 e. The molecular weight excluding hydrogens is 346 g/mol. The fourth-order valence-corrected chi connectivity index (χ4v) is 2.31. The largest absolute Gasteiger partial charge is 0.484 e. The number of carbonyl (C=O) groups excluding carboxylic acids is 2. The molecule has 0 fully saturated rings. The lowest BCUT2D eigenvalue weighted by molar-refractivity contribution is -0.118. The number of anilines is 1. The number of nitrogens with one attached hydrogen (secondary N) is 1. The van der Waals surface area contributed by atoms with Crippen molar-refractivity contribution in [3.63, 3.8) is 0 Å². The third-order valence-corrected chi connectivity index (χ3v) is 3.75. The van der Waals surface area contributed by atoms with E-state index in [2.05, 4.69) is 12.2 Å². The van der Waals surface area contributed by atoms with E-state index < -0.39 is 5.97 Å². The molecule has 0 bridgehead atoms. The maximum Gasteiger partial charge on any atom is 0.338 e. The molecule has 2 aromatic rings. The van der Waals surface area contributed by atoms with Crippen LogP contribution in [0.25, 0.3) is 0 Å². The zero-order valence-corrected chi connectivity index (χ0v) is 15.7. The number of ether oxygens (including phenoxy) is 3. The summed E-state index contributed by atoms with van der Waals surface area (Å²) >= 11 is 0. The van der Waals surface area contributed by atoms with Crippen molar-refractivity contribution in [1.29, 1.82) is 0 Å². The lowest BCUT2D eigenvalue weighted by Crippen LogP contribution is -2.20. The number of carbonyl (C=O) groups is 2. The number of rotatable bonds is 10. The van der Waals surface area contributed by atoms with Gasteiger partial charge in [0, 0.05) is 12.3 Å². The van der Waals surface area contributed by atoms with E-state index in [4.69, 9.17) is 14.2 Å². The molecule has 1 amide bonds. The third-order valence-electron chi connectivity index (χ3n) is 3.75. The number of aryl methyl sites for hydroxylation is 1. The summed E-state index contributed by atoms with van der Waals surface area (Å²) in [6.07, 6.45) is 0.950. The number of hydrogen-bond donors (Lipinski definition) is 1. The number of hydrogen-bond acceptors (Lipinski definition) is 5. The first kappa shape index (κ1) is 20.5. The molecule has 0 saturated heterocycles. The smallest absolute Gasteiger partial charge is 0.338 e. The Morgan fingerprint density at radius 2 is 1.78 bits per heavy atom. The van der Waals surface area contributed by atoms with Gasteiger partial charge in [-0.25, -0.2) is 4.79 Å². The monoisotopic (exact) mass is 371 g/mol. The number of amides is 1. The Hall–Kier alpha value is -2.86. The van der Waals surface area contributed by atoms with Gasteiger partial charge in [0.2, 0.25) is 0 Å². The Labute approximate surface area is 159 Å². The van der Waals surface area contributed by atoms with Gasteiger partial charge >= 0.3 is 5.97 Å². The summed E-state index contributed by atoms with van der Waals surface area (Å²) in [4.78, 5) is 24.1. The van der Waals surface area contributed by atoms with Crippen molar-refractivity contribution in [3.8, 4) is 5.75 Å². The highest BCUT2D eigenvalue weighted by Gasteiger charge is 2.10. The molecule has 2 rings (SSSR count). The predicted octanol–water partition coefficient (Wildman–Crippen LogP) is 3.46. The Morgan fingerprint density at radius 3 is 2.48 bits per heavy atom. The van der Waals surface area contributed by atoms with Gasteiger partial charge in [0.15, 0.2) is 6.61 Å². The lowest BCUT2D eigenvalue weighted by atomic mass is 10.2. The van der Waals surface area contributed by atoms with Gasteiger partial charge in [-0.15, -0.1) is 0 Å². The second kappa shape index (κ2) is 11.0. The van der Waals surface area contributed by atoms with Crippen LogP contribution in [-0.2, 0) is 20.7 Å². The van der Waals surface area contributed by atoms with Crippen molar-refractivity contribution in [2.24, 2.45) is 0 Å². The van der Waals surface area contributed by atoms with Crippen LogP contribution in [0, 0.1) is 0 Å². The van der Waals surface area contributed by atoms with Crippen LogP contribution in [0.4, 0.5) is 5.69 Å². The first-order valence-electron chi connectivity index (χ1n) is 8.99. The average Bonchev–Trinajstić information content (AvgIpc) is 2.70. The van der Waals surface area contributed by atoms with Gasteiger partial charge < -0.3 is 19.5 Å². The molecule has 27 heavy (non-hydrogen) atoms. The quantitative estimate of drug-likeness (QED) is 0.511. The van der Waals surface area contributed by atoms with Gasteiger partial charge in [0.25, 0.3) is 5.91 Å². The minimum atomic E-state index is -0.460. The summed E-state index contributed by atoms with van der Waals surface area (Å²) in [6.45, 7) is 4.95. The van der Waals surface area contributed by atoms with Crippen LogP contribution in [-0.4, -0.2) is 38.3 Å². The van der Waals surface area contributed by atoms with Gasteiger partial charge in [-0.05, 0) is 49.2 Å². The lowest BCUT2D eigenvalue weighted by Gasteiger charge is -2.09. The van der Waals surface area contributed by atoms with E-state index in [-0.39, 0.29) is 19.1 Å². The van der Waals surface area contributed by atoms with E-state index in [1.54, 1.807) is 24.3 Å². The van der Waals surface area contributed by atoms with Crippen molar-refractivity contribution in [3.05, 3.63) is 59.7 Å². The first-order chi connectivity index (χ1) is 13.1. The van der Waals surface area contributed by atoms with E-state index >= 15 is 0 Å². The van der Waals surface area contributed by atoms with Crippen molar-refractivity contribution in [2.45, 2.75) is 20.3 Å². The first-order valence-corrected chi connectivity index (χ1v) is 8.99. The van der Waals surface area contributed by atoms with E-state index in [1.807, 2.05) is 31.2 Å². The van der Waals surface area contributed by atoms with Gasteiger partial charge in [-0.3, -0.25) is 4.79 Å². The molecule has 0 atom stereocenters. The summed E-state index contributed by atoms with van der Waals surface area (Å²) < 4.78 is 15.7. The molecule has 0 aliphatic rings. The average molecular weight is 371 g/mol. The standard InChI is InChI=1S/C21H25NO5/c1-3-16-8-10-19(11-9-16)27-15-20(23)22-18-7-5-6-17(14-18)21(24)26-13-12-25-4-2/h5-11,14H,3-4,12-13,15H2,1-2H3,(H,22,23). The molecule has 0 aliphatic heterocycles. The van der Waals surface area contributed by atoms with Crippen LogP contribution < -0.4 is 10.1 Å². The molecule has 0 spiro atoms. The Morgan fingerprint density at radius 1 is 1.00 bits per heavy atom. The van der Waals surface area contributed by atoms with Crippen LogP contribution >= 0.6 is 0 Å². The normalized spacial score (nSPS) is 10.3.